The summed E-state index contributed by atoms with van der Waals surface area (Å²) in [6.07, 6.45) is 7.75. The van der Waals surface area contributed by atoms with Crippen LogP contribution in [0.1, 0.15) is 51.9 Å². The highest BCUT2D eigenvalue weighted by Crippen LogP contribution is 2.27. The lowest BCUT2D eigenvalue weighted by Crippen LogP contribution is -2.10. The van der Waals surface area contributed by atoms with E-state index in [2.05, 4.69) is 24.8 Å². The zero-order chi connectivity index (χ0) is 10.2. The topological polar surface area (TPSA) is 23.8 Å². The zero-order valence-electron chi connectivity index (χ0n) is 9.05. The minimum absolute atomic E-state index is 0.647. The van der Waals surface area contributed by atoms with E-state index in [4.69, 9.17) is 5.26 Å². The van der Waals surface area contributed by atoms with E-state index in [1.807, 2.05) is 0 Å². The first-order chi connectivity index (χ1) is 6.83. The molecule has 0 unspecified atom stereocenters. The Labute approximate surface area is 87.5 Å². The summed E-state index contributed by atoms with van der Waals surface area (Å²) in [6.45, 7) is 2.33. The average molecular weight is 189 g/mol. The van der Waals surface area contributed by atoms with Gasteiger partial charge in [-0.05, 0) is 38.0 Å². The van der Waals surface area contributed by atoms with Gasteiger partial charge in [0, 0.05) is 18.8 Å². The monoisotopic (exact) mass is 189 g/mol. The molecular weight excluding hydrogens is 170 g/mol. The van der Waals surface area contributed by atoms with Crippen LogP contribution >= 0.6 is 0 Å². The fourth-order valence-electron chi connectivity index (χ4n) is 1.88. The zero-order valence-corrected chi connectivity index (χ0v) is 9.05. The molecule has 0 heterocycles. The van der Waals surface area contributed by atoms with Gasteiger partial charge in [0.05, 0.1) is 6.07 Å². The van der Waals surface area contributed by atoms with Crippen molar-refractivity contribution in [3.8, 4) is 17.9 Å². The molecule has 0 spiro atoms. The molecule has 1 rings (SSSR count). The van der Waals surface area contributed by atoms with Crippen LogP contribution in [0.5, 0.6) is 0 Å². The third-order valence-corrected chi connectivity index (χ3v) is 2.91. The molecule has 0 radical (unpaired) electrons. The predicted molar refractivity (Wildman–Crippen MR) is 58.4 cm³/mol. The van der Waals surface area contributed by atoms with Crippen molar-refractivity contribution < 1.29 is 0 Å². The largest absolute Gasteiger partial charge is 0.198 e. The van der Waals surface area contributed by atoms with Gasteiger partial charge < -0.3 is 0 Å². The molecule has 0 N–H and O–H groups in total. The fraction of sp³-hybridized carbons (Fsp3) is 0.769. The van der Waals surface area contributed by atoms with Gasteiger partial charge in [0.15, 0.2) is 0 Å². The number of hydrogen-bond donors (Lipinski definition) is 0. The van der Waals surface area contributed by atoms with Gasteiger partial charge in [0.25, 0.3) is 0 Å². The summed E-state index contributed by atoms with van der Waals surface area (Å²) in [5, 5.41) is 8.35. The quantitative estimate of drug-likeness (QED) is 0.481. The van der Waals surface area contributed by atoms with Crippen LogP contribution in [0.3, 0.4) is 0 Å². The van der Waals surface area contributed by atoms with E-state index in [9.17, 15) is 0 Å². The molecule has 1 aliphatic carbocycles. The fourth-order valence-corrected chi connectivity index (χ4v) is 1.88. The molecule has 0 aromatic rings. The lowest BCUT2D eigenvalue weighted by atomic mass is 9.83. The molecule has 1 heteroatoms. The van der Waals surface area contributed by atoms with E-state index in [1.165, 1.54) is 25.7 Å². The second-order valence-electron chi connectivity index (χ2n) is 4.29. The Hall–Kier alpha value is -0.950. The lowest BCUT2D eigenvalue weighted by Gasteiger charge is -2.21. The molecule has 0 aromatic carbocycles. The second kappa shape index (κ2) is 6.50. The molecule has 76 valence electrons. The molecule has 0 atom stereocenters. The molecule has 0 amide bonds. The lowest BCUT2D eigenvalue weighted by molar-refractivity contribution is 0.337. The highest BCUT2D eigenvalue weighted by atomic mass is 14.2. The molecule has 1 nitrogen and oxygen atoms in total. The highest BCUT2D eigenvalue weighted by Gasteiger charge is 2.15. The van der Waals surface area contributed by atoms with Crippen molar-refractivity contribution in [1.82, 2.24) is 0 Å². The third kappa shape index (κ3) is 4.33. The summed E-state index contributed by atoms with van der Waals surface area (Å²) in [7, 11) is 0. The summed E-state index contributed by atoms with van der Waals surface area (Å²) in [5.74, 6) is 8.10. The summed E-state index contributed by atoms with van der Waals surface area (Å²) in [6, 6.07) is 2.14. The van der Waals surface area contributed by atoms with E-state index in [0.29, 0.717) is 12.3 Å². The average Bonchev–Trinajstić information content (AvgIpc) is 2.21. The van der Waals surface area contributed by atoms with Crippen molar-refractivity contribution in [2.24, 2.45) is 11.8 Å². The van der Waals surface area contributed by atoms with E-state index in [-0.39, 0.29) is 0 Å². The van der Waals surface area contributed by atoms with E-state index in [0.717, 1.165) is 18.8 Å². The first-order valence-electron chi connectivity index (χ1n) is 5.68. The molecule has 0 aromatic heterocycles. The Morgan fingerprint density at radius 2 is 1.86 bits per heavy atom. The maximum atomic E-state index is 8.35. The van der Waals surface area contributed by atoms with E-state index in [1.54, 1.807) is 0 Å². The maximum Gasteiger partial charge on any atom is 0.0622 e. The van der Waals surface area contributed by atoms with Gasteiger partial charge in [-0.2, -0.15) is 5.26 Å². The Bertz CT molecular complexity index is 243. The SMILES string of the molecule is CC1CCC(C#CCCCC#N)CC1. The van der Waals surface area contributed by atoms with Crippen LogP contribution in [-0.2, 0) is 0 Å². The van der Waals surface area contributed by atoms with Crippen LogP contribution in [0, 0.1) is 35.0 Å². The highest BCUT2D eigenvalue weighted by molar-refractivity contribution is 5.04. The van der Waals surface area contributed by atoms with Crippen molar-refractivity contribution in [2.75, 3.05) is 0 Å². The minimum Gasteiger partial charge on any atom is -0.198 e. The van der Waals surface area contributed by atoms with Crippen LogP contribution in [0.2, 0.25) is 0 Å². The van der Waals surface area contributed by atoms with Crippen LogP contribution in [0.25, 0.3) is 0 Å². The van der Waals surface area contributed by atoms with Gasteiger partial charge in [0.1, 0.15) is 0 Å². The van der Waals surface area contributed by atoms with Crippen molar-refractivity contribution >= 4 is 0 Å². The maximum absolute atomic E-state index is 8.35. The standard InChI is InChI=1S/C13H19N/c1-12-7-9-13(10-8-12)6-4-2-3-5-11-14/h12-13H,2-3,5,7-10H2,1H3. The van der Waals surface area contributed by atoms with Gasteiger partial charge >= 0.3 is 0 Å². The summed E-state index contributed by atoms with van der Waals surface area (Å²) in [4.78, 5) is 0. The molecule has 0 saturated heterocycles. The smallest absolute Gasteiger partial charge is 0.0622 e. The molecule has 0 aliphatic heterocycles. The first kappa shape index (κ1) is 11.1. The number of nitriles is 1. The minimum atomic E-state index is 0.647. The van der Waals surface area contributed by atoms with Crippen LogP contribution in [-0.4, -0.2) is 0 Å². The Morgan fingerprint density at radius 1 is 1.14 bits per heavy atom. The number of nitrogens with zero attached hydrogens (tertiary/aromatic N) is 1. The van der Waals surface area contributed by atoms with Gasteiger partial charge in [-0.1, -0.05) is 12.8 Å². The number of rotatable bonds is 2. The predicted octanol–water partition coefficient (Wildman–Crippen LogP) is 3.51. The van der Waals surface area contributed by atoms with Crippen LogP contribution in [0.15, 0.2) is 0 Å². The molecule has 0 bridgehead atoms. The van der Waals surface area contributed by atoms with Gasteiger partial charge in [-0.3, -0.25) is 0 Å². The number of unbranched alkanes of at least 4 members (excludes halogenated alkanes) is 2. The van der Waals surface area contributed by atoms with Crippen molar-refractivity contribution in [3.05, 3.63) is 0 Å². The number of hydrogen-bond acceptors (Lipinski definition) is 1. The van der Waals surface area contributed by atoms with E-state index >= 15 is 0 Å². The normalized spacial score (nSPS) is 26.0. The van der Waals surface area contributed by atoms with Crippen LogP contribution < -0.4 is 0 Å². The Kier molecular flexibility index (Phi) is 5.16. The first-order valence-corrected chi connectivity index (χ1v) is 5.68. The van der Waals surface area contributed by atoms with E-state index < -0.39 is 0 Å². The Balaban J connectivity index is 2.14. The van der Waals surface area contributed by atoms with Crippen molar-refractivity contribution in [1.29, 1.82) is 5.26 Å². The molecule has 14 heavy (non-hydrogen) atoms. The van der Waals surface area contributed by atoms with Gasteiger partial charge in [0.2, 0.25) is 0 Å². The van der Waals surface area contributed by atoms with Crippen LogP contribution in [0.4, 0.5) is 0 Å². The van der Waals surface area contributed by atoms with Crippen molar-refractivity contribution in [3.63, 3.8) is 0 Å². The summed E-state index contributed by atoms with van der Waals surface area (Å²) in [5.41, 5.74) is 0. The summed E-state index contributed by atoms with van der Waals surface area (Å²) >= 11 is 0. The second-order valence-corrected chi connectivity index (χ2v) is 4.29. The third-order valence-electron chi connectivity index (χ3n) is 2.91. The molecule has 1 aliphatic rings. The van der Waals surface area contributed by atoms with Gasteiger partial charge in [-0.25, -0.2) is 0 Å². The molecule has 1 fully saturated rings. The molecular formula is C13H19N. The van der Waals surface area contributed by atoms with Gasteiger partial charge in [-0.15, -0.1) is 5.92 Å². The Morgan fingerprint density at radius 3 is 2.50 bits per heavy atom. The van der Waals surface area contributed by atoms with Crippen molar-refractivity contribution in [2.45, 2.75) is 51.9 Å². The summed E-state index contributed by atoms with van der Waals surface area (Å²) < 4.78 is 0. The molecule has 1 saturated carbocycles.